The number of ether oxygens (including phenoxy) is 1. The van der Waals surface area contributed by atoms with Crippen LogP contribution in [0.2, 0.25) is 0 Å². The smallest absolute Gasteiger partial charge is 0.301 e. The third-order valence-corrected chi connectivity index (χ3v) is 7.10. The summed E-state index contributed by atoms with van der Waals surface area (Å²) in [5, 5.41) is 11.5. The number of nitrogens with zero attached hydrogens (tertiary/aromatic N) is 2. The average Bonchev–Trinajstić information content (AvgIpc) is 3.37. The molecule has 6 nitrogen and oxygen atoms in total. The van der Waals surface area contributed by atoms with Crippen LogP contribution in [0, 0.1) is 5.82 Å². The standard InChI is InChI=1S/C26H18BrFN2O4S/c1-2-34-18-9-6-14(7-10-18)23(31)21-22(15-4-3-5-16(27)12-15)30(25(33)24(21)32)26-29-19-11-8-17(28)13-20(19)35-26/h3-13,22,31H,2H2,1H3/t22-/m0/s1. The molecule has 1 amide bonds. The first kappa shape index (κ1) is 23.2. The Labute approximate surface area is 212 Å². The van der Waals surface area contributed by atoms with Gasteiger partial charge in [0.15, 0.2) is 5.13 Å². The number of thiazole rings is 1. The van der Waals surface area contributed by atoms with Crippen LogP contribution in [0.15, 0.2) is 76.8 Å². The van der Waals surface area contributed by atoms with Gasteiger partial charge in [0.25, 0.3) is 5.78 Å². The molecule has 1 aliphatic rings. The fourth-order valence-corrected chi connectivity index (χ4v) is 5.48. The molecule has 0 radical (unpaired) electrons. The number of hydrogen-bond acceptors (Lipinski definition) is 6. The minimum absolute atomic E-state index is 0.0531. The molecule has 3 aromatic carbocycles. The van der Waals surface area contributed by atoms with Gasteiger partial charge in [-0.1, -0.05) is 39.4 Å². The highest BCUT2D eigenvalue weighted by Crippen LogP contribution is 2.44. The van der Waals surface area contributed by atoms with Crippen molar-refractivity contribution in [3.05, 3.63) is 93.7 Å². The molecule has 1 aliphatic heterocycles. The number of benzene rings is 3. The normalized spacial score (nSPS) is 17.3. The molecule has 9 heteroatoms. The Morgan fingerprint density at radius 2 is 1.91 bits per heavy atom. The topological polar surface area (TPSA) is 79.7 Å². The van der Waals surface area contributed by atoms with E-state index in [4.69, 9.17) is 4.74 Å². The van der Waals surface area contributed by atoms with E-state index >= 15 is 0 Å². The first-order chi connectivity index (χ1) is 16.9. The van der Waals surface area contributed by atoms with Crippen molar-refractivity contribution in [3.63, 3.8) is 0 Å². The summed E-state index contributed by atoms with van der Waals surface area (Å²) in [6.45, 7) is 2.36. The molecule has 2 heterocycles. The van der Waals surface area contributed by atoms with E-state index in [1.165, 1.54) is 23.1 Å². The number of carbonyl (C=O) groups excluding carboxylic acids is 2. The van der Waals surface area contributed by atoms with Crippen molar-refractivity contribution in [1.29, 1.82) is 0 Å². The molecule has 0 unspecified atom stereocenters. The quantitative estimate of drug-likeness (QED) is 0.180. The molecular formula is C26H18BrFN2O4S. The van der Waals surface area contributed by atoms with Gasteiger partial charge in [0.1, 0.15) is 17.3 Å². The number of rotatable bonds is 5. The van der Waals surface area contributed by atoms with E-state index in [9.17, 15) is 19.1 Å². The maximum atomic E-state index is 13.8. The SMILES string of the molecule is CCOc1ccc(C(O)=C2C(=O)C(=O)N(c3nc4ccc(F)cc4s3)[C@H]2c2cccc(Br)c2)cc1. The number of halogens is 2. The Balaban J connectivity index is 1.69. The summed E-state index contributed by atoms with van der Waals surface area (Å²) < 4.78 is 20.5. The minimum atomic E-state index is -0.926. The molecular weight excluding hydrogens is 535 g/mol. The molecule has 1 fully saturated rings. The maximum absolute atomic E-state index is 13.8. The van der Waals surface area contributed by atoms with Gasteiger partial charge in [-0.05, 0) is 67.1 Å². The first-order valence-electron chi connectivity index (χ1n) is 10.7. The van der Waals surface area contributed by atoms with Crippen LogP contribution in [0.5, 0.6) is 5.75 Å². The predicted molar refractivity (Wildman–Crippen MR) is 136 cm³/mol. The second kappa shape index (κ2) is 9.24. The Hall–Kier alpha value is -3.56. The number of Topliss-reactive ketones (excluding diaryl/α,β-unsaturated/α-hetero) is 1. The Bertz CT molecular complexity index is 1500. The van der Waals surface area contributed by atoms with Gasteiger partial charge in [0.05, 0.1) is 28.4 Å². The fraction of sp³-hybridized carbons (Fsp3) is 0.115. The van der Waals surface area contributed by atoms with E-state index in [-0.39, 0.29) is 16.5 Å². The van der Waals surface area contributed by atoms with Gasteiger partial charge in [-0.3, -0.25) is 14.5 Å². The molecule has 0 aliphatic carbocycles. The molecule has 1 atom stereocenters. The molecule has 176 valence electrons. The van der Waals surface area contributed by atoms with Gasteiger partial charge in [0, 0.05) is 10.0 Å². The summed E-state index contributed by atoms with van der Waals surface area (Å²) in [6.07, 6.45) is 0. The highest BCUT2D eigenvalue weighted by molar-refractivity contribution is 9.10. The maximum Gasteiger partial charge on any atom is 0.301 e. The van der Waals surface area contributed by atoms with Crippen molar-refractivity contribution in [1.82, 2.24) is 4.98 Å². The van der Waals surface area contributed by atoms with Crippen molar-refractivity contribution in [2.24, 2.45) is 0 Å². The molecule has 5 rings (SSSR count). The second-order valence-electron chi connectivity index (χ2n) is 7.79. The Morgan fingerprint density at radius 3 is 2.63 bits per heavy atom. The highest BCUT2D eigenvalue weighted by atomic mass is 79.9. The van der Waals surface area contributed by atoms with Crippen LogP contribution < -0.4 is 9.64 Å². The Kier molecular flexibility index (Phi) is 6.12. The van der Waals surface area contributed by atoms with Crippen LogP contribution in [0.25, 0.3) is 16.0 Å². The summed E-state index contributed by atoms with van der Waals surface area (Å²) in [6, 6.07) is 17.0. The lowest BCUT2D eigenvalue weighted by atomic mass is 9.95. The number of amides is 1. The van der Waals surface area contributed by atoms with Gasteiger partial charge < -0.3 is 9.84 Å². The summed E-state index contributed by atoms with van der Waals surface area (Å²) in [5.74, 6) is -1.75. The fourth-order valence-electron chi connectivity index (χ4n) is 4.04. The van der Waals surface area contributed by atoms with Crippen molar-refractivity contribution >= 4 is 60.1 Å². The molecule has 0 saturated carbocycles. The van der Waals surface area contributed by atoms with Crippen LogP contribution in [0.4, 0.5) is 9.52 Å². The van der Waals surface area contributed by atoms with E-state index in [2.05, 4.69) is 20.9 Å². The number of aromatic nitrogens is 1. The number of carbonyl (C=O) groups is 2. The molecule has 0 spiro atoms. The van der Waals surface area contributed by atoms with E-state index in [1.54, 1.807) is 42.5 Å². The average molecular weight is 553 g/mol. The summed E-state index contributed by atoms with van der Waals surface area (Å²) in [7, 11) is 0. The van der Waals surface area contributed by atoms with Crippen LogP contribution in [-0.2, 0) is 9.59 Å². The summed E-state index contributed by atoms with van der Waals surface area (Å²) >= 11 is 4.54. The van der Waals surface area contributed by atoms with Crippen LogP contribution >= 0.6 is 27.3 Å². The number of ketones is 1. The van der Waals surface area contributed by atoms with E-state index in [0.717, 1.165) is 15.8 Å². The van der Waals surface area contributed by atoms with Gasteiger partial charge in [-0.2, -0.15) is 0 Å². The van der Waals surface area contributed by atoms with Crippen LogP contribution in [0.1, 0.15) is 24.1 Å². The highest BCUT2D eigenvalue weighted by Gasteiger charge is 2.48. The molecule has 1 saturated heterocycles. The van der Waals surface area contributed by atoms with Gasteiger partial charge >= 0.3 is 5.91 Å². The number of hydrogen-bond donors (Lipinski definition) is 1. The minimum Gasteiger partial charge on any atom is -0.507 e. The largest absolute Gasteiger partial charge is 0.507 e. The third kappa shape index (κ3) is 4.21. The molecule has 0 bridgehead atoms. The van der Waals surface area contributed by atoms with E-state index in [0.29, 0.717) is 33.7 Å². The zero-order valence-electron chi connectivity index (χ0n) is 18.4. The van der Waals surface area contributed by atoms with Gasteiger partial charge in [-0.15, -0.1) is 0 Å². The second-order valence-corrected chi connectivity index (χ2v) is 9.71. The zero-order chi connectivity index (χ0) is 24.7. The van der Waals surface area contributed by atoms with Crippen molar-refractivity contribution in [2.75, 3.05) is 11.5 Å². The first-order valence-corrected chi connectivity index (χ1v) is 12.3. The summed E-state index contributed by atoms with van der Waals surface area (Å²) in [4.78, 5) is 32.3. The van der Waals surface area contributed by atoms with E-state index in [1.807, 2.05) is 13.0 Å². The Morgan fingerprint density at radius 1 is 1.14 bits per heavy atom. The van der Waals surface area contributed by atoms with Crippen molar-refractivity contribution in [3.8, 4) is 5.75 Å². The number of aliphatic hydroxyl groups is 1. The lowest BCUT2D eigenvalue weighted by Gasteiger charge is -2.23. The zero-order valence-corrected chi connectivity index (χ0v) is 20.8. The van der Waals surface area contributed by atoms with Crippen molar-refractivity contribution in [2.45, 2.75) is 13.0 Å². The van der Waals surface area contributed by atoms with E-state index < -0.39 is 23.5 Å². The van der Waals surface area contributed by atoms with Gasteiger partial charge in [0.2, 0.25) is 0 Å². The molecule has 1 aromatic heterocycles. The van der Waals surface area contributed by atoms with Gasteiger partial charge in [-0.25, -0.2) is 9.37 Å². The lowest BCUT2D eigenvalue weighted by Crippen LogP contribution is -2.29. The molecule has 1 N–H and O–H groups in total. The predicted octanol–water partition coefficient (Wildman–Crippen LogP) is 6.22. The molecule has 4 aromatic rings. The lowest BCUT2D eigenvalue weighted by molar-refractivity contribution is -0.132. The van der Waals surface area contributed by atoms with Crippen LogP contribution in [0.3, 0.4) is 0 Å². The molecule has 35 heavy (non-hydrogen) atoms. The summed E-state index contributed by atoms with van der Waals surface area (Å²) in [5.41, 5.74) is 1.44. The number of fused-ring (bicyclic) bond motifs is 1. The number of aliphatic hydroxyl groups excluding tert-OH is 1. The van der Waals surface area contributed by atoms with Crippen LogP contribution in [-0.4, -0.2) is 28.4 Å². The van der Waals surface area contributed by atoms with Crippen molar-refractivity contribution < 1.29 is 23.8 Å². The third-order valence-electron chi connectivity index (χ3n) is 5.59. The number of anilines is 1. The monoisotopic (exact) mass is 552 g/mol.